The number of aryl methyl sites for hydroxylation is 1. The molecule has 1 aromatic rings. The molecule has 5 nitrogen and oxygen atoms in total. The topological polar surface area (TPSA) is 45.9 Å². The van der Waals surface area contributed by atoms with Crippen LogP contribution in [0.1, 0.15) is 35.4 Å². The molecule has 22 heavy (non-hydrogen) atoms. The van der Waals surface area contributed by atoms with Crippen LogP contribution in [0.25, 0.3) is 0 Å². The number of ether oxygens (including phenoxy) is 1. The van der Waals surface area contributed by atoms with Crippen molar-refractivity contribution in [2.24, 2.45) is 5.92 Å². The van der Waals surface area contributed by atoms with Crippen molar-refractivity contribution in [1.29, 1.82) is 0 Å². The Morgan fingerprint density at radius 1 is 1.32 bits per heavy atom. The SMILES string of the molecule is Cc1ccoc1C(=O)N1CC[C@H]2OCCN(CC3CC3)[C@@H]2C1. The number of carbonyl (C=O) groups is 1. The first-order valence-electron chi connectivity index (χ1n) is 8.41. The van der Waals surface area contributed by atoms with Gasteiger partial charge in [-0.3, -0.25) is 9.69 Å². The first-order chi connectivity index (χ1) is 10.7. The lowest BCUT2D eigenvalue weighted by molar-refractivity contribution is -0.0991. The first-order valence-corrected chi connectivity index (χ1v) is 8.41. The largest absolute Gasteiger partial charge is 0.459 e. The van der Waals surface area contributed by atoms with E-state index in [1.165, 1.54) is 19.4 Å². The van der Waals surface area contributed by atoms with Crippen LogP contribution in [0.5, 0.6) is 0 Å². The first kappa shape index (κ1) is 14.3. The molecule has 2 aliphatic heterocycles. The predicted octanol–water partition coefficient (Wildman–Crippen LogP) is 1.91. The summed E-state index contributed by atoms with van der Waals surface area (Å²) in [5.41, 5.74) is 0.918. The molecule has 1 aromatic heterocycles. The molecule has 0 radical (unpaired) electrons. The highest BCUT2D eigenvalue weighted by Gasteiger charge is 2.40. The maximum absolute atomic E-state index is 12.7. The minimum Gasteiger partial charge on any atom is -0.459 e. The zero-order valence-corrected chi connectivity index (χ0v) is 13.2. The average molecular weight is 304 g/mol. The number of likely N-dealkylation sites (tertiary alicyclic amines) is 1. The van der Waals surface area contributed by atoms with Gasteiger partial charge in [-0.05, 0) is 38.2 Å². The summed E-state index contributed by atoms with van der Waals surface area (Å²) >= 11 is 0. The van der Waals surface area contributed by atoms with Crippen LogP contribution in [0.3, 0.4) is 0 Å². The van der Waals surface area contributed by atoms with E-state index in [0.29, 0.717) is 11.8 Å². The monoisotopic (exact) mass is 304 g/mol. The molecule has 2 atom stereocenters. The fraction of sp³-hybridized carbons (Fsp3) is 0.706. The number of fused-ring (bicyclic) bond motifs is 1. The Hall–Kier alpha value is -1.33. The highest BCUT2D eigenvalue weighted by Crippen LogP contribution is 2.33. The third-order valence-corrected chi connectivity index (χ3v) is 5.23. The van der Waals surface area contributed by atoms with Crippen LogP contribution in [0.2, 0.25) is 0 Å². The van der Waals surface area contributed by atoms with Crippen LogP contribution in [0.15, 0.2) is 16.7 Å². The average Bonchev–Trinajstić information content (AvgIpc) is 3.25. The van der Waals surface area contributed by atoms with Gasteiger partial charge in [-0.25, -0.2) is 0 Å². The number of hydrogen-bond donors (Lipinski definition) is 0. The maximum atomic E-state index is 12.7. The fourth-order valence-corrected chi connectivity index (χ4v) is 3.72. The molecule has 4 rings (SSSR count). The number of piperidine rings is 1. The molecule has 3 heterocycles. The highest BCUT2D eigenvalue weighted by molar-refractivity contribution is 5.92. The van der Waals surface area contributed by atoms with Crippen molar-refractivity contribution in [1.82, 2.24) is 9.80 Å². The summed E-state index contributed by atoms with van der Waals surface area (Å²) in [5, 5.41) is 0. The lowest BCUT2D eigenvalue weighted by atomic mass is 9.98. The summed E-state index contributed by atoms with van der Waals surface area (Å²) in [5.74, 6) is 1.39. The van der Waals surface area contributed by atoms with Crippen molar-refractivity contribution in [3.05, 3.63) is 23.7 Å². The van der Waals surface area contributed by atoms with Crippen molar-refractivity contribution in [3.8, 4) is 0 Å². The molecule has 0 N–H and O–H groups in total. The zero-order chi connectivity index (χ0) is 15.1. The lowest BCUT2D eigenvalue weighted by Gasteiger charge is -2.47. The van der Waals surface area contributed by atoms with Crippen molar-refractivity contribution in [2.45, 2.75) is 38.3 Å². The van der Waals surface area contributed by atoms with E-state index in [-0.39, 0.29) is 12.0 Å². The van der Waals surface area contributed by atoms with E-state index < -0.39 is 0 Å². The predicted molar refractivity (Wildman–Crippen MR) is 81.8 cm³/mol. The van der Waals surface area contributed by atoms with Crippen LogP contribution in [-0.4, -0.2) is 60.6 Å². The number of furan rings is 1. The molecule has 1 saturated carbocycles. The summed E-state index contributed by atoms with van der Waals surface area (Å²) in [4.78, 5) is 17.2. The molecule has 2 saturated heterocycles. The van der Waals surface area contributed by atoms with Gasteiger partial charge in [0, 0.05) is 31.7 Å². The van der Waals surface area contributed by atoms with Crippen molar-refractivity contribution in [2.75, 3.05) is 32.8 Å². The lowest BCUT2D eigenvalue weighted by Crippen LogP contribution is -2.61. The van der Waals surface area contributed by atoms with Gasteiger partial charge in [-0.15, -0.1) is 0 Å². The Kier molecular flexibility index (Phi) is 3.70. The second-order valence-electron chi connectivity index (χ2n) is 6.89. The van der Waals surface area contributed by atoms with Crippen molar-refractivity contribution in [3.63, 3.8) is 0 Å². The maximum Gasteiger partial charge on any atom is 0.289 e. The summed E-state index contributed by atoms with van der Waals surface area (Å²) in [6.45, 7) is 6.45. The van der Waals surface area contributed by atoms with Gasteiger partial charge in [0.05, 0.1) is 25.0 Å². The Bertz CT molecular complexity index is 552. The molecule has 0 unspecified atom stereocenters. The third kappa shape index (κ3) is 2.68. The smallest absolute Gasteiger partial charge is 0.289 e. The molecule has 5 heteroatoms. The number of carbonyl (C=O) groups excluding carboxylic acids is 1. The minimum absolute atomic E-state index is 0.0258. The molecule has 1 amide bonds. The molecule has 3 aliphatic rings. The van der Waals surface area contributed by atoms with Gasteiger partial charge in [0.2, 0.25) is 0 Å². The Morgan fingerprint density at radius 2 is 2.18 bits per heavy atom. The fourth-order valence-electron chi connectivity index (χ4n) is 3.72. The second kappa shape index (κ2) is 5.70. The van der Waals surface area contributed by atoms with Gasteiger partial charge in [0.25, 0.3) is 5.91 Å². The van der Waals surface area contributed by atoms with Gasteiger partial charge in [-0.2, -0.15) is 0 Å². The van der Waals surface area contributed by atoms with Crippen molar-refractivity contribution >= 4 is 5.91 Å². The molecule has 0 spiro atoms. The van der Waals surface area contributed by atoms with Gasteiger partial charge < -0.3 is 14.1 Å². The Morgan fingerprint density at radius 3 is 2.91 bits per heavy atom. The molecule has 1 aliphatic carbocycles. The number of nitrogens with zero attached hydrogens (tertiary/aromatic N) is 2. The normalized spacial score (nSPS) is 29.4. The number of amides is 1. The van der Waals surface area contributed by atoms with Gasteiger partial charge >= 0.3 is 0 Å². The van der Waals surface area contributed by atoms with Crippen LogP contribution >= 0.6 is 0 Å². The van der Waals surface area contributed by atoms with Crippen LogP contribution in [0.4, 0.5) is 0 Å². The summed E-state index contributed by atoms with van der Waals surface area (Å²) in [7, 11) is 0. The minimum atomic E-state index is 0.0258. The molecular weight excluding hydrogens is 280 g/mol. The van der Waals surface area contributed by atoms with E-state index in [4.69, 9.17) is 9.15 Å². The van der Waals surface area contributed by atoms with E-state index in [1.54, 1.807) is 6.26 Å². The molecule has 120 valence electrons. The quantitative estimate of drug-likeness (QED) is 0.856. The molecule has 0 bridgehead atoms. The molecule has 3 fully saturated rings. The number of morpholine rings is 1. The Labute approximate surface area is 131 Å². The summed E-state index contributed by atoms with van der Waals surface area (Å²) < 4.78 is 11.3. The van der Waals surface area contributed by atoms with E-state index in [0.717, 1.165) is 44.1 Å². The molecular formula is C17H24N2O3. The zero-order valence-electron chi connectivity index (χ0n) is 13.2. The van der Waals surface area contributed by atoms with E-state index in [1.807, 2.05) is 17.9 Å². The van der Waals surface area contributed by atoms with Gasteiger partial charge in [0.1, 0.15) is 0 Å². The number of rotatable bonds is 3. The van der Waals surface area contributed by atoms with E-state index in [9.17, 15) is 4.79 Å². The van der Waals surface area contributed by atoms with Gasteiger partial charge in [0.15, 0.2) is 5.76 Å². The number of hydrogen-bond acceptors (Lipinski definition) is 4. The molecule has 0 aromatic carbocycles. The van der Waals surface area contributed by atoms with Crippen LogP contribution < -0.4 is 0 Å². The van der Waals surface area contributed by atoms with Crippen LogP contribution in [0, 0.1) is 12.8 Å². The van der Waals surface area contributed by atoms with E-state index >= 15 is 0 Å². The second-order valence-corrected chi connectivity index (χ2v) is 6.89. The van der Waals surface area contributed by atoms with Gasteiger partial charge in [-0.1, -0.05) is 0 Å². The standard InChI is InChI=1S/C17H24N2O3/c1-12-5-8-22-16(12)17(20)19-6-4-15-14(11-19)18(7-9-21-15)10-13-2-3-13/h5,8,13-15H,2-4,6-7,9-11H2,1H3/t14-,15-/m1/s1. The van der Waals surface area contributed by atoms with E-state index in [2.05, 4.69) is 4.90 Å². The summed E-state index contributed by atoms with van der Waals surface area (Å²) in [6, 6.07) is 2.20. The van der Waals surface area contributed by atoms with Crippen LogP contribution in [-0.2, 0) is 4.74 Å². The summed E-state index contributed by atoms with van der Waals surface area (Å²) in [6.07, 6.45) is 5.54. The Balaban J connectivity index is 1.47. The highest BCUT2D eigenvalue weighted by atomic mass is 16.5. The third-order valence-electron chi connectivity index (χ3n) is 5.23. The van der Waals surface area contributed by atoms with Crippen molar-refractivity contribution < 1.29 is 13.9 Å².